The molecule has 1 aliphatic rings. The monoisotopic (exact) mass is 1070 g/mol. The average Bonchev–Trinajstić information content (AvgIpc) is 3.61. The first-order valence-electron chi connectivity index (χ1n) is 16.5. The summed E-state index contributed by atoms with van der Waals surface area (Å²) < 4.78 is 463. The van der Waals surface area contributed by atoms with Gasteiger partial charge in [0.15, 0.2) is 0 Å². The maximum atomic E-state index is 14.6. The molecule has 0 saturated heterocycles. The van der Waals surface area contributed by atoms with Crippen LogP contribution in [0.15, 0.2) is 22.5 Å². The number of hydrogen-bond acceptors (Lipinski definition) is 0. The molecule has 0 spiro atoms. The zero-order valence-electron chi connectivity index (χ0n) is 31.5. The molecule has 0 saturated carbocycles. The zero-order valence-corrected chi connectivity index (χ0v) is 33.5. The van der Waals surface area contributed by atoms with Crippen molar-refractivity contribution in [1.82, 2.24) is 0 Å². The number of alkyl halides is 34. The minimum atomic E-state index is -8.90. The van der Waals surface area contributed by atoms with Crippen LogP contribution in [0, 0.1) is 0 Å². The summed E-state index contributed by atoms with van der Waals surface area (Å²) in [4.78, 5) is 0. The van der Waals surface area contributed by atoms with Crippen LogP contribution in [0.25, 0.3) is 0 Å². The minimum Gasteiger partial charge on any atom is -0.200 e. The molecule has 65 heavy (non-hydrogen) atoms. The van der Waals surface area contributed by atoms with E-state index >= 15 is 0 Å². The van der Waals surface area contributed by atoms with Crippen molar-refractivity contribution in [2.75, 3.05) is 0 Å². The smallest absolute Gasteiger partial charge is 0.200 e. The lowest BCUT2D eigenvalue weighted by atomic mass is 9.88. The number of hydrogen-bond donors (Lipinski definition) is 0. The number of rotatable bonds is 20. The standard InChI is InChI=1S/C29H24F34Si2/c1-64(2,9-7-14(30,31)16(34,35)18(38,39)20(42,43)22(46,47)24(50,51)26(54,55)28(58,59)60)12-5-6-13(11-12)65(3,4)10-8-15(32,33)17(36,37)19(40,41)21(44,45)23(48,49)25(52,53)27(56,57)29(61,62)63/h5,11H,6-10H2,1-4H3. The maximum absolute atomic E-state index is 14.6. The van der Waals surface area contributed by atoms with Crippen LogP contribution >= 0.6 is 0 Å². The molecule has 0 amide bonds. The lowest BCUT2D eigenvalue weighted by Gasteiger charge is -2.43. The fourth-order valence-corrected chi connectivity index (χ4v) is 10.5. The normalized spacial score (nSPS) is 17.8. The van der Waals surface area contributed by atoms with E-state index in [-0.39, 0.29) is 5.20 Å². The molecule has 0 heterocycles. The molecule has 0 nitrogen and oxygen atoms in total. The first kappa shape index (κ1) is 60.5. The van der Waals surface area contributed by atoms with Gasteiger partial charge in [-0.25, -0.2) is 0 Å². The fraction of sp³-hybridized carbons (Fsp3) is 0.862. The lowest BCUT2D eigenvalue weighted by Crippen LogP contribution is -2.74. The van der Waals surface area contributed by atoms with Crippen LogP contribution in [0.2, 0.25) is 38.3 Å². The van der Waals surface area contributed by atoms with E-state index in [0.29, 0.717) is 6.08 Å². The van der Waals surface area contributed by atoms with Gasteiger partial charge in [0.25, 0.3) is 0 Å². The second kappa shape index (κ2) is 16.0. The molecule has 0 aromatic carbocycles. The molecule has 0 radical (unpaired) electrons. The van der Waals surface area contributed by atoms with E-state index in [4.69, 9.17) is 0 Å². The van der Waals surface area contributed by atoms with Gasteiger partial charge in [-0.15, -0.1) is 0 Å². The molecule has 0 N–H and O–H groups in total. The molecule has 0 aromatic heterocycles. The number of allylic oxidation sites excluding steroid dienone is 4. The van der Waals surface area contributed by atoms with Crippen LogP contribution in [0.1, 0.15) is 19.3 Å². The Morgan fingerprint density at radius 3 is 0.785 bits per heavy atom. The fourth-order valence-electron chi connectivity index (χ4n) is 5.42. The highest BCUT2D eigenvalue weighted by Gasteiger charge is 2.97. The topological polar surface area (TPSA) is 0 Å². The van der Waals surface area contributed by atoms with Crippen molar-refractivity contribution in [3.63, 3.8) is 0 Å². The van der Waals surface area contributed by atoms with Gasteiger partial charge in [0.05, 0.1) is 16.1 Å². The first-order valence-corrected chi connectivity index (χ1v) is 22.9. The summed E-state index contributed by atoms with van der Waals surface area (Å²) in [6.45, 7) is 3.09. The molecule has 1 rings (SSSR count). The number of halogens is 34. The maximum Gasteiger partial charge on any atom is 0.460 e. The van der Waals surface area contributed by atoms with E-state index in [1.54, 1.807) is 0 Å². The largest absolute Gasteiger partial charge is 0.460 e. The zero-order chi connectivity index (χ0) is 53.1. The van der Waals surface area contributed by atoms with E-state index in [2.05, 4.69) is 0 Å². The molecule has 1 aliphatic carbocycles. The predicted octanol–water partition coefficient (Wildman–Crippen LogP) is 15.5. The summed E-state index contributed by atoms with van der Waals surface area (Å²) in [6, 6.07) is -3.32. The van der Waals surface area contributed by atoms with Crippen molar-refractivity contribution >= 4 is 16.1 Å². The van der Waals surface area contributed by atoms with Gasteiger partial charge in [-0.05, 0) is 18.5 Å². The quantitative estimate of drug-likeness (QED) is 0.0842. The predicted molar refractivity (Wildman–Crippen MR) is 156 cm³/mol. The Labute approximate surface area is 341 Å². The van der Waals surface area contributed by atoms with Crippen molar-refractivity contribution in [1.29, 1.82) is 0 Å². The van der Waals surface area contributed by atoms with E-state index in [1.807, 2.05) is 0 Å². The van der Waals surface area contributed by atoms with Crippen LogP contribution < -0.4 is 0 Å². The van der Waals surface area contributed by atoms with Crippen molar-refractivity contribution in [2.45, 2.75) is 153 Å². The summed E-state index contributed by atoms with van der Waals surface area (Å²) in [7, 11) is -8.23. The van der Waals surface area contributed by atoms with Crippen molar-refractivity contribution in [2.24, 2.45) is 0 Å². The molecule has 0 aliphatic heterocycles. The van der Waals surface area contributed by atoms with Gasteiger partial charge in [0.1, 0.15) is 0 Å². The Balaban J connectivity index is 3.46. The third kappa shape index (κ3) is 8.68. The third-order valence-electron chi connectivity index (χ3n) is 10.2. The van der Waals surface area contributed by atoms with Crippen LogP contribution in [-0.2, 0) is 0 Å². The molecule has 386 valence electrons. The highest BCUT2D eigenvalue weighted by Crippen LogP contribution is 2.66. The van der Waals surface area contributed by atoms with Crippen LogP contribution in [-0.4, -0.2) is 111 Å². The first-order chi connectivity index (χ1) is 27.6. The summed E-state index contributed by atoms with van der Waals surface area (Å²) in [5.74, 6) is -117. The van der Waals surface area contributed by atoms with E-state index in [1.165, 1.54) is 0 Å². The molecule has 0 bridgehead atoms. The average molecular weight is 1070 g/mol. The third-order valence-corrected chi connectivity index (χ3v) is 17.2. The Kier molecular flexibility index (Phi) is 14.9. The summed E-state index contributed by atoms with van der Waals surface area (Å²) in [6.07, 6.45) is -21.0. The van der Waals surface area contributed by atoms with Crippen molar-refractivity contribution in [3.05, 3.63) is 22.5 Å². The molecule has 36 heteroatoms. The summed E-state index contributed by atoms with van der Waals surface area (Å²) >= 11 is 0. The summed E-state index contributed by atoms with van der Waals surface area (Å²) in [5, 5.41) is -0.807. The molecular formula is C29H24F34Si2. The SMILES string of the molecule is C[Si](C)(CCC(F)(F)C(F)(F)C(F)(F)C(F)(F)C(F)(F)C(F)(F)C(F)(F)C(F)(F)F)C1=CCC([Si](C)(C)CCC(F)(F)C(F)(F)C(F)(F)C(F)(F)C(F)(F)C(F)(F)C(F)(F)C(F)(F)F)=C1. The summed E-state index contributed by atoms with van der Waals surface area (Å²) in [5.41, 5.74) is 0. The van der Waals surface area contributed by atoms with Crippen LogP contribution in [0.5, 0.6) is 0 Å². The van der Waals surface area contributed by atoms with E-state index < -0.39 is 148 Å². The Morgan fingerprint density at radius 1 is 0.323 bits per heavy atom. The highest BCUT2D eigenvalue weighted by atomic mass is 28.3. The molecule has 0 aromatic rings. The van der Waals surface area contributed by atoms with Crippen LogP contribution in [0.3, 0.4) is 0 Å². The van der Waals surface area contributed by atoms with Gasteiger partial charge in [-0.2, -0.15) is 149 Å². The van der Waals surface area contributed by atoms with E-state index in [9.17, 15) is 149 Å². The van der Waals surface area contributed by atoms with Crippen LogP contribution in [0.4, 0.5) is 149 Å². The second-order valence-corrected chi connectivity index (χ2v) is 25.4. The Bertz CT molecular complexity index is 1790. The van der Waals surface area contributed by atoms with Gasteiger partial charge in [-0.1, -0.05) is 48.7 Å². The highest BCUT2D eigenvalue weighted by molar-refractivity contribution is 6.87. The van der Waals surface area contributed by atoms with Crippen molar-refractivity contribution in [3.8, 4) is 0 Å². The molecule has 0 unspecified atom stereocenters. The van der Waals surface area contributed by atoms with Gasteiger partial charge >= 0.3 is 95.3 Å². The van der Waals surface area contributed by atoms with Gasteiger partial charge in [-0.3, -0.25) is 0 Å². The molecule has 0 fully saturated rings. The van der Waals surface area contributed by atoms with E-state index in [0.717, 1.165) is 32.3 Å². The molecular weight excluding hydrogens is 1050 g/mol. The van der Waals surface area contributed by atoms with Gasteiger partial charge in [0.2, 0.25) is 0 Å². The Morgan fingerprint density at radius 2 is 0.538 bits per heavy atom. The van der Waals surface area contributed by atoms with Gasteiger partial charge < -0.3 is 0 Å². The second-order valence-electron chi connectivity index (χ2n) is 15.6. The lowest BCUT2D eigenvalue weighted by molar-refractivity contribution is -0.461. The minimum absolute atomic E-state index is 0.369. The van der Waals surface area contributed by atoms with Gasteiger partial charge in [0, 0.05) is 12.8 Å². The Hall–Kier alpha value is -2.47. The van der Waals surface area contributed by atoms with Crippen molar-refractivity contribution < 1.29 is 149 Å². The molecule has 0 atom stereocenters.